The molecule has 3 nitrogen and oxygen atoms in total. The normalized spacial score (nSPS) is 12.8. The van der Waals surface area contributed by atoms with Crippen LogP contribution in [0.4, 0.5) is 0 Å². The number of aromatic nitrogens is 2. The maximum absolute atomic E-state index is 6.31. The first-order valence-corrected chi connectivity index (χ1v) is 7.55. The molecule has 2 N–H and O–H groups in total. The first kappa shape index (κ1) is 13.5. The van der Waals surface area contributed by atoms with Crippen molar-refractivity contribution in [2.75, 3.05) is 0 Å². The quantitative estimate of drug-likeness (QED) is 0.682. The molecule has 0 fully saturated rings. The third-order valence-corrected chi connectivity index (χ3v) is 4.53. The van der Waals surface area contributed by atoms with E-state index in [4.69, 9.17) is 5.73 Å². The lowest BCUT2D eigenvalue weighted by Crippen LogP contribution is -2.17. The Balaban J connectivity index is 2.50. The van der Waals surface area contributed by atoms with E-state index in [1.807, 2.05) is 19.2 Å². The van der Waals surface area contributed by atoms with Gasteiger partial charge in [0.2, 0.25) is 0 Å². The van der Waals surface area contributed by atoms with E-state index >= 15 is 0 Å². The van der Waals surface area contributed by atoms with Crippen molar-refractivity contribution in [1.29, 1.82) is 0 Å². The summed E-state index contributed by atoms with van der Waals surface area (Å²) in [6.07, 6.45) is 1.76. The third-order valence-electron chi connectivity index (χ3n) is 2.53. The van der Waals surface area contributed by atoms with Crippen molar-refractivity contribution in [2.45, 2.75) is 6.04 Å². The number of benzene rings is 1. The number of halogens is 3. The van der Waals surface area contributed by atoms with Crippen LogP contribution in [0, 0.1) is 3.57 Å². The molecule has 0 bridgehead atoms. The van der Waals surface area contributed by atoms with Crippen molar-refractivity contribution in [2.24, 2.45) is 12.8 Å². The summed E-state index contributed by atoms with van der Waals surface area (Å²) in [6, 6.07) is 5.93. The van der Waals surface area contributed by atoms with Gasteiger partial charge in [-0.2, -0.15) is 5.10 Å². The van der Waals surface area contributed by atoms with Crippen molar-refractivity contribution >= 4 is 54.5 Å². The lowest BCUT2D eigenvalue weighted by molar-refractivity contribution is 0.670. The minimum absolute atomic E-state index is 0.207. The van der Waals surface area contributed by atoms with E-state index in [9.17, 15) is 0 Å². The van der Waals surface area contributed by atoms with Crippen LogP contribution in [0.3, 0.4) is 0 Å². The zero-order valence-corrected chi connectivity index (χ0v) is 14.3. The van der Waals surface area contributed by atoms with Crippen LogP contribution in [-0.2, 0) is 7.05 Å². The molecule has 0 radical (unpaired) electrons. The predicted octanol–water partition coefficient (Wildman–Crippen LogP) is 3.60. The lowest BCUT2D eigenvalue weighted by atomic mass is 10.1. The molecule has 2 rings (SSSR count). The average molecular weight is 471 g/mol. The summed E-state index contributed by atoms with van der Waals surface area (Å²) in [5.41, 5.74) is 8.33. The number of rotatable bonds is 2. The zero-order valence-electron chi connectivity index (χ0n) is 8.99. The summed E-state index contributed by atoms with van der Waals surface area (Å²) in [4.78, 5) is 0. The minimum atomic E-state index is -0.207. The Hall–Kier alpha value is 0.0800. The van der Waals surface area contributed by atoms with Crippen molar-refractivity contribution < 1.29 is 0 Å². The summed E-state index contributed by atoms with van der Waals surface area (Å²) in [7, 11) is 1.89. The summed E-state index contributed by atoms with van der Waals surface area (Å²) in [5.74, 6) is 0. The topological polar surface area (TPSA) is 43.8 Å². The van der Waals surface area contributed by atoms with Crippen molar-refractivity contribution in [3.05, 3.63) is 48.2 Å². The van der Waals surface area contributed by atoms with Gasteiger partial charge in [0, 0.05) is 15.1 Å². The summed E-state index contributed by atoms with van der Waals surface area (Å²) in [6.45, 7) is 0. The highest BCUT2D eigenvalue weighted by Gasteiger charge is 2.19. The average Bonchev–Trinajstić information content (AvgIpc) is 2.61. The van der Waals surface area contributed by atoms with Crippen LogP contribution in [0.2, 0.25) is 0 Å². The molecule has 0 saturated heterocycles. The van der Waals surface area contributed by atoms with E-state index in [-0.39, 0.29) is 6.04 Å². The third kappa shape index (κ3) is 2.74. The molecule has 1 aromatic heterocycles. The van der Waals surface area contributed by atoms with Gasteiger partial charge < -0.3 is 5.73 Å². The van der Waals surface area contributed by atoms with Gasteiger partial charge in [-0.3, -0.25) is 4.68 Å². The van der Waals surface area contributed by atoms with Gasteiger partial charge in [0.15, 0.2) is 0 Å². The Morgan fingerprint density at radius 1 is 1.35 bits per heavy atom. The maximum Gasteiger partial charge on any atom is 0.0746 e. The number of hydrogen-bond acceptors (Lipinski definition) is 2. The molecule has 6 heteroatoms. The Bertz CT molecular complexity index is 534. The van der Waals surface area contributed by atoms with E-state index in [0.29, 0.717) is 0 Å². The molecule has 0 saturated carbocycles. The summed E-state index contributed by atoms with van der Waals surface area (Å²) in [5, 5.41) is 4.19. The molecule has 0 aliphatic rings. The molecule has 0 amide bonds. The first-order valence-electron chi connectivity index (χ1n) is 4.88. The molecule has 0 aliphatic heterocycles. The fourth-order valence-electron chi connectivity index (χ4n) is 1.67. The molecule has 2 aromatic rings. The smallest absolute Gasteiger partial charge is 0.0746 e. The van der Waals surface area contributed by atoms with Gasteiger partial charge in [0.05, 0.1) is 22.4 Å². The number of aryl methyl sites for hydroxylation is 1. The number of nitrogens with two attached hydrogens (primary N) is 1. The van der Waals surface area contributed by atoms with E-state index in [1.54, 1.807) is 10.9 Å². The van der Waals surface area contributed by atoms with Crippen LogP contribution >= 0.6 is 54.5 Å². The first-order chi connectivity index (χ1) is 8.00. The SMILES string of the molecule is Cn1ncc(Br)c1C(N)c1cc(I)ccc1Br. The van der Waals surface area contributed by atoms with Gasteiger partial charge in [-0.25, -0.2) is 0 Å². The zero-order chi connectivity index (χ0) is 12.6. The maximum atomic E-state index is 6.31. The summed E-state index contributed by atoms with van der Waals surface area (Å²) < 4.78 is 4.90. The van der Waals surface area contributed by atoms with Crippen LogP contribution in [0.25, 0.3) is 0 Å². The van der Waals surface area contributed by atoms with Crippen LogP contribution in [0.15, 0.2) is 33.3 Å². The van der Waals surface area contributed by atoms with Gasteiger partial charge in [-0.1, -0.05) is 15.9 Å². The largest absolute Gasteiger partial charge is 0.319 e. The minimum Gasteiger partial charge on any atom is -0.319 e. The van der Waals surface area contributed by atoms with Crippen molar-refractivity contribution in [3.63, 3.8) is 0 Å². The predicted molar refractivity (Wildman–Crippen MR) is 83.8 cm³/mol. The van der Waals surface area contributed by atoms with Crippen molar-refractivity contribution in [1.82, 2.24) is 9.78 Å². The number of nitrogens with zero attached hydrogens (tertiary/aromatic N) is 2. The molecule has 1 unspecified atom stereocenters. The monoisotopic (exact) mass is 469 g/mol. The van der Waals surface area contributed by atoms with E-state index in [2.05, 4.69) is 65.6 Å². The molecule has 1 atom stereocenters. The van der Waals surface area contributed by atoms with Crippen molar-refractivity contribution in [3.8, 4) is 0 Å². The molecule has 1 aromatic carbocycles. The molecule has 17 heavy (non-hydrogen) atoms. The number of hydrogen-bond donors (Lipinski definition) is 1. The van der Waals surface area contributed by atoms with Gasteiger partial charge in [-0.15, -0.1) is 0 Å². The van der Waals surface area contributed by atoms with Crippen LogP contribution in [-0.4, -0.2) is 9.78 Å². The highest BCUT2D eigenvalue weighted by atomic mass is 127. The molecular weight excluding hydrogens is 461 g/mol. The van der Waals surface area contributed by atoms with Crippen LogP contribution < -0.4 is 5.73 Å². The molecule has 90 valence electrons. The van der Waals surface area contributed by atoms with Gasteiger partial charge in [0.25, 0.3) is 0 Å². The van der Waals surface area contributed by atoms with Crippen LogP contribution in [0.5, 0.6) is 0 Å². The standard InChI is InChI=1S/C11H10Br2IN3/c1-17-11(9(13)5-16-17)10(15)7-4-6(14)2-3-8(7)12/h2-5,10H,15H2,1H3. The van der Waals surface area contributed by atoms with Gasteiger partial charge in [-0.05, 0) is 62.3 Å². The molecular formula is C11H10Br2IN3. The fraction of sp³-hybridized carbons (Fsp3) is 0.182. The molecule has 0 aliphatic carbocycles. The lowest BCUT2D eigenvalue weighted by Gasteiger charge is -2.15. The van der Waals surface area contributed by atoms with Gasteiger partial charge in [0.1, 0.15) is 0 Å². The Labute approximate surface area is 130 Å². The Morgan fingerprint density at radius 3 is 2.65 bits per heavy atom. The van der Waals surface area contributed by atoms with Crippen LogP contribution in [0.1, 0.15) is 17.3 Å². The summed E-state index contributed by atoms with van der Waals surface area (Å²) >= 11 is 9.30. The van der Waals surface area contributed by atoms with E-state index < -0.39 is 0 Å². The second kappa shape index (κ2) is 5.38. The van der Waals surface area contributed by atoms with E-state index in [0.717, 1.165) is 23.8 Å². The molecule has 0 spiro atoms. The second-order valence-corrected chi connectivity index (χ2v) is 6.60. The van der Waals surface area contributed by atoms with Gasteiger partial charge >= 0.3 is 0 Å². The highest BCUT2D eigenvalue weighted by molar-refractivity contribution is 14.1. The fourth-order valence-corrected chi connectivity index (χ4v) is 3.27. The second-order valence-electron chi connectivity index (χ2n) is 3.64. The Morgan fingerprint density at radius 2 is 2.06 bits per heavy atom. The highest BCUT2D eigenvalue weighted by Crippen LogP contribution is 2.31. The Kier molecular flexibility index (Phi) is 4.27. The van der Waals surface area contributed by atoms with E-state index in [1.165, 1.54) is 0 Å². The molecule has 1 heterocycles.